The fourth-order valence-corrected chi connectivity index (χ4v) is 2.05. The monoisotopic (exact) mass is 233 g/mol. The van der Waals surface area contributed by atoms with Crippen LogP contribution in [-0.4, -0.2) is 37.3 Å². The van der Waals surface area contributed by atoms with E-state index in [-0.39, 0.29) is 0 Å². The van der Waals surface area contributed by atoms with E-state index in [2.05, 4.69) is 27.3 Å². The molecule has 1 aliphatic heterocycles. The molecule has 2 heterocycles. The number of morpholine rings is 1. The van der Waals surface area contributed by atoms with Gasteiger partial charge in [-0.3, -0.25) is 0 Å². The van der Waals surface area contributed by atoms with Crippen LogP contribution in [0.2, 0.25) is 0 Å². The smallest absolute Gasteiger partial charge is 0.128 e. The first-order valence-corrected chi connectivity index (χ1v) is 6.43. The summed E-state index contributed by atoms with van der Waals surface area (Å²) < 4.78 is 5.34. The highest BCUT2D eigenvalue weighted by Crippen LogP contribution is 2.19. The van der Waals surface area contributed by atoms with Gasteiger partial charge in [0, 0.05) is 31.9 Å². The Morgan fingerprint density at radius 1 is 1.29 bits per heavy atom. The lowest BCUT2D eigenvalue weighted by atomic mass is 10.2. The Morgan fingerprint density at radius 2 is 2.12 bits per heavy atom. The molecular formula is C13H19N3O. The van der Waals surface area contributed by atoms with Gasteiger partial charge in [-0.2, -0.15) is 0 Å². The first-order valence-electron chi connectivity index (χ1n) is 6.43. The molecule has 92 valence electrons. The van der Waals surface area contributed by atoms with Gasteiger partial charge in [-0.1, -0.05) is 6.07 Å². The van der Waals surface area contributed by atoms with Gasteiger partial charge in [0.05, 0.1) is 13.2 Å². The van der Waals surface area contributed by atoms with Crippen molar-refractivity contribution < 1.29 is 4.74 Å². The van der Waals surface area contributed by atoms with Crippen molar-refractivity contribution in [1.82, 2.24) is 10.3 Å². The summed E-state index contributed by atoms with van der Waals surface area (Å²) in [6.45, 7) is 4.47. The molecule has 1 aromatic rings. The minimum absolute atomic E-state index is 0.758. The highest BCUT2D eigenvalue weighted by Gasteiger charge is 2.20. The van der Waals surface area contributed by atoms with Gasteiger partial charge in [0.25, 0.3) is 0 Å². The normalized spacial score (nSPS) is 20.6. The van der Waals surface area contributed by atoms with Crippen molar-refractivity contribution in [1.29, 1.82) is 0 Å². The van der Waals surface area contributed by atoms with Gasteiger partial charge in [-0.15, -0.1) is 0 Å². The molecule has 4 nitrogen and oxygen atoms in total. The third-order valence-corrected chi connectivity index (χ3v) is 3.32. The van der Waals surface area contributed by atoms with Crippen molar-refractivity contribution in [2.75, 3.05) is 31.2 Å². The number of ether oxygens (including phenoxy) is 1. The largest absolute Gasteiger partial charge is 0.378 e. The molecular weight excluding hydrogens is 214 g/mol. The van der Waals surface area contributed by atoms with E-state index in [0.29, 0.717) is 0 Å². The third-order valence-electron chi connectivity index (χ3n) is 3.32. The summed E-state index contributed by atoms with van der Waals surface area (Å²) in [5, 5.41) is 3.50. The highest BCUT2D eigenvalue weighted by atomic mass is 16.5. The number of aromatic nitrogens is 1. The van der Waals surface area contributed by atoms with Crippen molar-refractivity contribution in [3.63, 3.8) is 0 Å². The summed E-state index contributed by atoms with van der Waals surface area (Å²) in [5.41, 5.74) is 1.27. The third kappa shape index (κ3) is 2.96. The Bertz CT molecular complexity index is 355. The molecule has 1 saturated carbocycles. The van der Waals surface area contributed by atoms with Crippen molar-refractivity contribution in [2.24, 2.45) is 0 Å². The van der Waals surface area contributed by atoms with Gasteiger partial charge in [0.2, 0.25) is 0 Å². The predicted octanol–water partition coefficient (Wildman–Crippen LogP) is 1.17. The van der Waals surface area contributed by atoms with E-state index >= 15 is 0 Å². The molecule has 0 radical (unpaired) electrons. The second-order valence-electron chi connectivity index (χ2n) is 4.78. The molecule has 0 aromatic carbocycles. The molecule has 1 aliphatic carbocycles. The van der Waals surface area contributed by atoms with E-state index in [1.807, 2.05) is 6.20 Å². The van der Waals surface area contributed by atoms with Crippen molar-refractivity contribution in [3.05, 3.63) is 23.9 Å². The average Bonchev–Trinajstić information content (AvgIpc) is 3.22. The standard InChI is InChI=1S/C13H19N3O/c1-4-13(16-5-7-17-8-6-16)15-10-11(1)9-14-12-2-3-12/h1,4,10,12,14H,2-3,5-9H2. The summed E-state index contributed by atoms with van der Waals surface area (Å²) in [7, 11) is 0. The fourth-order valence-electron chi connectivity index (χ4n) is 2.05. The molecule has 0 bridgehead atoms. The molecule has 4 heteroatoms. The number of nitrogens with zero attached hydrogens (tertiary/aromatic N) is 2. The fraction of sp³-hybridized carbons (Fsp3) is 0.615. The van der Waals surface area contributed by atoms with E-state index < -0.39 is 0 Å². The quantitative estimate of drug-likeness (QED) is 0.847. The average molecular weight is 233 g/mol. The molecule has 2 fully saturated rings. The van der Waals surface area contributed by atoms with Crippen molar-refractivity contribution >= 4 is 5.82 Å². The van der Waals surface area contributed by atoms with Crippen molar-refractivity contribution in [2.45, 2.75) is 25.4 Å². The van der Waals surface area contributed by atoms with Crippen LogP contribution in [0.1, 0.15) is 18.4 Å². The van der Waals surface area contributed by atoms with Crippen LogP contribution in [0.5, 0.6) is 0 Å². The summed E-state index contributed by atoms with van der Waals surface area (Å²) in [4.78, 5) is 6.81. The maximum Gasteiger partial charge on any atom is 0.128 e. The van der Waals surface area contributed by atoms with Crippen LogP contribution in [0.15, 0.2) is 18.3 Å². The van der Waals surface area contributed by atoms with Gasteiger partial charge < -0.3 is 15.0 Å². The van der Waals surface area contributed by atoms with Crippen LogP contribution >= 0.6 is 0 Å². The molecule has 2 aliphatic rings. The lowest BCUT2D eigenvalue weighted by molar-refractivity contribution is 0.122. The molecule has 0 amide bonds. The first-order chi connectivity index (χ1) is 8.42. The van der Waals surface area contributed by atoms with E-state index in [1.165, 1.54) is 18.4 Å². The maximum atomic E-state index is 5.34. The van der Waals surface area contributed by atoms with Gasteiger partial charge in [0.15, 0.2) is 0 Å². The molecule has 1 aromatic heterocycles. The maximum absolute atomic E-state index is 5.34. The molecule has 1 saturated heterocycles. The lowest BCUT2D eigenvalue weighted by Gasteiger charge is -2.27. The molecule has 0 spiro atoms. The number of rotatable bonds is 4. The Morgan fingerprint density at radius 3 is 2.76 bits per heavy atom. The van der Waals surface area contributed by atoms with Crippen LogP contribution in [0, 0.1) is 0 Å². The molecule has 17 heavy (non-hydrogen) atoms. The number of hydrogen-bond acceptors (Lipinski definition) is 4. The number of anilines is 1. The van der Waals surface area contributed by atoms with Gasteiger partial charge in [-0.05, 0) is 24.5 Å². The molecule has 3 rings (SSSR count). The summed E-state index contributed by atoms with van der Waals surface area (Å²) >= 11 is 0. The molecule has 0 atom stereocenters. The van der Waals surface area contributed by atoms with Gasteiger partial charge >= 0.3 is 0 Å². The zero-order valence-corrected chi connectivity index (χ0v) is 10.1. The summed E-state index contributed by atoms with van der Waals surface area (Å²) in [5.74, 6) is 1.07. The Kier molecular flexibility index (Phi) is 3.25. The Hall–Kier alpha value is -1.13. The second-order valence-corrected chi connectivity index (χ2v) is 4.78. The summed E-state index contributed by atoms with van der Waals surface area (Å²) in [6, 6.07) is 5.05. The van der Waals surface area contributed by atoms with Crippen LogP contribution < -0.4 is 10.2 Å². The van der Waals surface area contributed by atoms with E-state index in [1.54, 1.807) is 0 Å². The Balaban J connectivity index is 1.58. The number of nitrogens with one attached hydrogen (secondary N) is 1. The van der Waals surface area contributed by atoms with Crippen LogP contribution in [0.4, 0.5) is 5.82 Å². The van der Waals surface area contributed by atoms with Crippen LogP contribution in [0.25, 0.3) is 0 Å². The van der Waals surface area contributed by atoms with E-state index in [0.717, 1.165) is 44.7 Å². The van der Waals surface area contributed by atoms with Crippen molar-refractivity contribution in [3.8, 4) is 0 Å². The second kappa shape index (κ2) is 5.02. The van der Waals surface area contributed by atoms with E-state index in [4.69, 9.17) is 4.74 Å². The molecule has 0 unspecified atom stereocenters. The number of pyridine rings is 1. The SMILES string of the molecule is c1cc(N2CCOCC2)ncc1CNC1CC1. The Labute approximate surface area is 102 Å². The topological polar surface area (TPSA) is 37.4 Å². The van der Waals surface area contributed by atoms with Gasteiger partial charge in [0.1, 0.15) is 5.82 Å². The van der Waals surface area contributed by atoms with E-state index in [9.17, 15) is 0 Å². The van der Waals surface area contributed by atoms with Crippen LogP contribution in [-0.2, 0) is 11.3 Å². The zero-order valence-electron chi connectivity index (χ0n) is 10.1. The lowest BCUT2D eigenvalue weighted by Crippen LogP contribution is -2.36. The minimum Gasteiger partial charge on any atom is -0.378 e. The zero-order chi connectivity index (χ0) is 11.5. The minimum atomic E-state index is 0.758. The predicted molar refractivity (Wildman–Crippen MR) is 67.1 cm³/mol. The first kappa shape index (κ1) is 11.0. The van der Waals surface area contributed by atoms with Gasteiger partial charge in [-0.25, -0.2) is 4.98 Å². The highest BCUT2D eigenvalue weighted by molar-refractivity contribution is 5.39. The van der Waals surface area contributed by atoms with Crippen LogP contribution in [0.3, 0.4) is 0 Å². The summed E-state index contributed by atoms with van der Waals surface area (Å²) in [6.07, 6.45) is 4.65. The number of hydrogen-bond donors (Lipinski definition) is 1. The molecule has 1 N–H and O–H groups in total.